The minimum absolute atomic E-state index is 0.0269. The lowest BCUT2D eigenvalue weighted by molar-refractivity contribution is 0.0974. The van der Waals surface area contributed by atoms with Crippen LogP contribution in [0.25, 0.3) is 0 Å². The number of phenols is 1. The summed E-state index contributed by atoms with van der Waals surface area (Å²) in [6, 6.07) is 14.0. The van der Waals surface area contributed by atoms with Crippen molar-refractivity contribution in [1.29, 1.82) is 5.26 Å². The van der Waals surface area contributed by atoms with Gasteiger partial charge < -0.3 is 10.8 Å². The van der Waals surface area contributed by atoms with E-state index in [0.717, 1.165) is 12.0 Å². The first-order chi connectivity index (χ1) is 13.4. The van der Waals surface area contributed by atoms with Crippen molar-refractivity contribution in [3.8, 4) is 11.8 Å². The molecule has 0 heterocycles. The van der Waals surface area contributed by atoms with Gasteiger partial charge in [-0.3, -0.25) is 10.1 Å². The molecule has 0 bridgehead atoms. The third-order valence-corrected chi connectivity index (χ3v) is 4.18. The van der Waals surface area contributed by atoms with Crippen LogP contribution in [0, 0.1) is 11.3 Å². The van der Waals surface area contributed by atoms with Crippen molar-refractivity contribution in [3.63, 3.8) is 0 Å². The Labute approximate surface area is 166 Å². The fourth-order valence-corrected chi connectivity index (χ4v) is 2.42. The van der Waals surface area contributed by atoms with Crippen LogP contribution in [0.15, 0.2) is 47.5 Å². The van der Waals surface area contributed by atoms with Gasteiger partial charge >= 0.3 is 0 Å². The van der Waals surface area contributed by atoms with Gasteiger partial charge in [-0.2, -0.15) is 5.26 Å². The molecule has 0 radical (unpaired) electrons. The van der Waals surface area contributed by atoms with Crippen LogP contribution in [0.5, 0.6) is 5.75 Å². The first-order valence-corrected chi connectivity index (χ1v) is 9.37. The number of hydrogen-bond acceptors (Lipinski definition) is 4. The highest BCUT2D eigenvalue weighted by atomic mass is 16.3. The monoisotopic (exact) mass is 380 g/mol. The molecule has 2 aromatic carbocycles. The molecule has 0 aromatic heterocycles. The van der Waals surface area contributed by atoms with E-state index in [1.54, 1.807) is 0 Å². The number of nitrogens with two attached hydrogens (primary N) is 1. The van der Waals surface area contributed by atoms with Crippen LogP contribution in [-0.2, 0) is 6.54 Å². The van der Waals surface area contributed by atoms with E-state index in [4.69, 9.17) is 11.0 Å². The number of amides is 1. The number of aliphatic imine (C=N–C) groups is 1. The third kappa shape index (κ3) is 6.44. The van der Waals surface area contributed by atoms with Gasteiger partial charge in [-0.15, -0.1) is 0 Å². The number of guanidine groups is 1. The summed E-state index contributed by atoms with van der Waals surface area (Å²) in [5.74, 6) is -0.429. The third-order valence-electron chi connectivity index (χ3n) is 4.18. The molecular weight excluding hydrogens is 352 g/mol. The standard InChI is InChI=1S/C20H22N4O2.C2H6/c1-3-13(2)16-6-4-5-15(9-16)12-23-20(22)24-19(26)17-10-14(11-21)7-8-18(17)25;1-2/h4-10,13,25H,3,12H2,1-2H3,(H3,22,23,24,26);1-2H3. The zero-order valence-electron chi connectivity index (χ0n) is 16.9. The zero-order valence-corrected chi connectivity index (χ0v) is 16.9. The number of phenolic OH excluding ortho intramolecular Hbond substituents is 1. The highest BCUT2D eigenvalue weighted by Crippen LogP contribution is 2.20. The lowest BCUT2D eigenvalue weighted by atomic mass is 9.97. The number of aromatic hydroxyl groups is 1. The smallest absolute Gasteiger partial charge is 0.261 e. The molecule has 0 aliphatic heterocycles. The second kappa shape index (κ2) is 11.4. The summed E-state index contributed by atoms with van der Waals surface area (Å²) in [5, 5.41) is 21.1. The molecule has 6 nitrogen and oxygen atoms in total. The van der Waals surface area contributed by atoms with Gasteiger partial charge in [0, 0.05) is 0 Å². The maximum absolute atomic E-state index is 12.2. The number of rotatable bonds is 5. The Morgan fingerprint density at radius 2 is 2.00 bits per heavy atom. The van der Waals surface area contributed by atoms with Crippen LogP contribution in [0.2, 0.25) is 0 Å². The normalized spacial score (nSPS) is 11.6. The number of hydrogen-bond donors (Lipinski definition) is 3. The largest absolute Gasteiger partial charge is 0.507 e. The van der Waals surface area contributed by atoms with Gasteiger partial charge in [-0.25, -0.2) is 4.99 Å². The fraction of sp³-hybridized carbons (Fsp3) is 0.318. The molecule has 4 N–H and O–H groups in total. The minimum Gasteiger partial charge on any atom is -0.507 e. The molecule has 0 saturated heterocycles. The summed E-state index contributed by atoms with van der Waals surface area (Å²) in [4.78, 5) is 16.4. The van der Waals surface area contributed by atoms with E-state index in [0.29, 0.717) is 12.5 Å². The van der Waals surface area contributed by atoms with Crippen molar-refractivity contribution in [1.82, 2.24) is 5.32 Å². The molecule has 28 heavy (non-hydrogen) atoms. The number of nitrogens with zero attached hydrogens (tertiary/aromatic N) is 2. The number of nitrogens with one attached hydrogen (secondary N) is 1. The predicted octanol–water partition coefficient (Wildman–Crippen LogP) is 4.05. The van der Waals surface area contributed by atoms with Gasteiger partial charge in [0.15, 0.2) is 5.96 Å². The maximum atomic E-state index is 12.2. The lowest BCUT2D eigenvalue weighted by Gasteiger charge is -2.10. The first kappa shape index (κ1) is 22.7. The van der Waals surface area contributed by atoms with E-state index in [9.17, 15) is 9.90 Å². The van der Waals surface area contributed by atoms with Gasteiger partial charge in [0.05, 0.1) is 23.7 Å². The number of nitriles is 1. The topological polar surface area (TPSA) is 111 Å². The van der Waals surface area contributed by atoms with Gasteiger partial charge in [-0.05, 0) is 41.7 Å². The van der Waals surface area contributed by atoms with E-state index < -0.39 is 5.91 Å². The molecule has 2 rings (SSSR count). The summed E-state index contributed by atoms with van der Waals surface area (Å²) in [6.45, 7) is 8.64. The van der Waals surface area contributed by atoms with Crippen LogP contribution in [-0.4, -0.2) is 17.0 Å². The van der Waals surface area contributed by atoms with Crippen LogP contribution in [0.3, 0.4) is 0 Å². The molecule has 0 aliphatic carbocycles. The Morgan fingerprint density at radius 1 is 1.29 bits per heavy atom. The Bertz CT molecular complexity index is 869. The molecule has 0 fully saturated rings. The van der Waals surface area contributed by atoms with Crippen LogP contribution in [0.1, 0.15) is 67.1 Å². The quantitative estimate of drug-likeness (QED) is 0.536. The van der Waals surface area contributed by atoms with E-state index in [2.05, 4.69) is 36.3 Å². The molecular formula is C22H28N4O2. The summed E-state index contributed by atoms with van der Waals surface area (Å²) in [5.41, 5.74) is 8.25. The Kier molecular flexibility index (Phi) is 9.24. The van der Waals surface area contributed by atoms with Crippen molar-refractivity contribution in [2.75, 3.05) is 0 Å². The Hall–Kier alpha value is -3.33. The summed E-state index contributed by atoms with van der Waals surface area (Å²) in [6.07, 6.45) is 1.05. The van der Waals surface area contributed by atoms with Crippen LogP contribution < -0.4 is 11.1 Å². The summed E-state index contributed by atoms with van der Waals surface area (Å²) < 4.78 is 0. The molecule has 1 amide bonds. The zero-order chi connectivity index (χ0) is 21.1. The summed E-state index contributed by atoms with van der Waals surface area (Å²) >= 11 is 0. The molecule has 1 unspecified atom stereocenters. The van der Waals surface area contributed by atoms with E-state index in [1.165, 1.54) is 23.8 Å². The second-order valence-electron chi connectivity index (χ2n) is 6.05. The van der Waals surface area contributed by atoms with Crippen molar-refractivity contribution in [2.45, 2.75) is 46.6 Å². The van der Waals surface area contributed by atoms with Gasteiger partial charge in [-0.1, -0.05) is 52.0 Å². The Balaban J connectivity index is 0.00000190. The van der Waals surface area contributed by atoms with Crippen LogP contribution >= 0.6 is 0 Å². The molecule has 0 saturated carbocycles. The minimum atomic E-state index is -0.616. The SMILES string of the molecule is CC.CCC(C)c1cccc(CN=C(N)NC(=O)c2cc(C#N)ccc2O)c1. The van der Waals surface area contributed by atoms with E-state index in [1.807, 2.05) is 32.0 Å². The van der Waals surface area contributed by atoms with Crippen molar-refractivity contribution in [3.05, 3.63) is 64.7 Å². The van der Waals surface area contributed by atoms with Crippen molar-refractivity contribution < 1.29 is 9.90 Å². The average molecular weight is 380 g/mol. The van der Waals surface area contributed by atoms with E-state index in [-0.39, 0.29) is 22.8 Å². The second-order valence-corrected chi connectivity index (χ2v) is 6.05. The number of carbonyl (C=O) groups is 1. The highest BCUT2D eigenvalue weighted by molar-refractivity contribution is 6.06. The van der Waals surface area contributed by atoms with Crippen molar-refractivity contribution >= 4 is 11.9 Å². The average Bonchev–Trinajstić information content (AvgIpc) is 2.73. The summed E-state index contributed by atoms with van der Waals surface area (Å²) in [7, 11) is 0. The first-order valence-electron chi connectivity index (χ1n) is 9.37. The fourth-order valence-electron chi connectivity index (χ4n) is 2.42. The molecule has 0 spiro atoms. The predicted molar refractivity (Wildman–Crippen MR) is 112 cm³/mol. The van der Waals surface area contributed by atoms with Crippen LogP contribution in [0.4, 0.5) is 0 Å². The molecule has 6 heteroatoms. The Morgan fingerprint density at radius 3 is 2.64 bits per heavy atom. The number of carbonyl (C=O) groups excluding carboxylic acids is 1. The van der Waals surface area contributed by atoms with Gasteiger partial charge in [0.25, 0.3) is 5.91 Å². The molecule has 1 atom stereocenters. The molecule has 148 valence electrons. The lowest BCUT2D eigenvalue weighted by Crippen LogP contribution is -2.36. The molecule has 2 aromatic rings. The van der Waals surface area contributed by atoms with E-state index >= 15 is 0 Å². The highest BCUT2D eigenvalue weighted by Gasteiger charge is 2.13. The van der Waals surface area contributed by atoms with Gasteiger partial charge in [0.2, 0.25) is 0 Å². The number of benzene rings is 2. The maximum Gasteiger partial charge on any atom is 0.261 e. The molecule has 0 aliphatic rings. The van der Waals surface area contributed by atoms with Gasteiger partial charge in [0.1, 0.15) is 5.75 Å². The van der Waals surface area contributed by atoms with Crippen molar-refractivity contribution in [2.24, 2.45) is 10.7 Å².